The molecule has 132 valence electrons. The average Bonchev–Trinajstić information content (AvgIpc) is 2.85. The highest BCUT2D eigenvalue weighted by Gasteiger charge is 2.35. The maximum absolute atomic E-state index is 12.6. The summed E-state index contributed by atoms with van der Waals surface area (Å²) in [5.74, 6) is -0.289. The number of nitrogens with zero attached hydrogens (tertiary/aromatic N) is 1. The molecule has 26 heavy (non-hydrogen) atoms. The Kier molecular flexibility index (Phi) is 5.58. The summed E-state index contributed by atoms with van der Waals surface area (Å²) in [6, 6.07) is 14.2. The summed E-state index contributed by atoms with van der Waals surface area (Å²) < 4.78 is 5.82. The third kappa shape index (κ3) is 4.23. The number of ether oxygens (including phenoxy) is 1. The Balaban J connectivity index is 1.76. The number of thioether (sulfide) groups is 1. The lowest BCUT2D eigenvalue weighted by molar-refractivity contribution is -0.131. The smallest absolute Gasteiger partial charge is 0.308 e. The van der Waals surface area contributed by atoms with Crippen molar-refractivity contribution >= 4 is 50.9 Å². The molecule has 2 amide bonds. The van der Waals surface area contributed by atoms with Crippen LogP contribution in [0.15, 0.2) is 57.9 Å². The van der Waals surface area contributed by atoms with E-state index in [9.17, 15) is 14.4 Å². The first-order valence-corrected chi connectivity index (χ1v) is 9.32. The fourth-order valence-electron chi connectivity index (χ4n) is 2.38. The van der Waals surface area contributed by atoms with Gasteiger partial charge in [-0.15, -0.1) is 0 Å². The summed E-state index contributed by atoms with van der Waals surface area (Å²) in [5, 5.41) is -0.298. The molecule has 1 saturated heterocycles. The maximum atomic E-state index is 12.6. The van der Waals surface area contributed by atoms with Gasteiger partial charge in [-0.1, -0.05) is 46.3 Å². The van der Waals surface area contributed by atoms with Gasteiger partial charge in [-0.3, -0.25) is 19.3 Å². The van der Waals surface area contributed by atoms with Crippen molar-refractivity contribution in [1.82, 2.24) is 4.90 Å². The second-order valence-corrected chi connectivity index (χ2v) is 7.37. The van der Waals surface area contributed by atoms with E-state index in [-0.39, 0.29) is 17.7 Å². The standard InChI is InChI=1S/C19H14BrNO4S/c1-12(22)25-15-8-6-13(7-9-15)10-17-18(23)21(19(24)26-17)11-14-4-2-3-5-16(14)20/h2-10H,11H2,1H3/b17-10-. The number of carbonyl (C=O) groups is 3. The Morgan fingerprint density at radius 1 is 1.15 bits per heavy atom. The lowest BCUT2D eigenvalue weighted by Crippen LogP contribution is -2.27. The van der Waals surface area contributed by atoms with Crippen LogP contribution in [0.4, 0.5) is 4.79 Å². The molecule has 0 unspecified atom stereocenters. The third-order valence-corrected chi connectivity index (χ3v) is 5.28. The third-order valence-electron chi connectivity index (χ3n) is 3.60. The van der Waals surface area contributed by atoms with E-state index in [1.54, 1.807) is 30.3 Å². The zero-order valence-corrected chi connectivity index (χ0v) is 16.2. The van der Waals surface area contributed by atoms with Crippen LogP contribution in [0.5, 0.6) is 5.75 Å². The first kappa shape index (κ1) is 18.4. The van der Waals surface area contributed by atoms with Gasteiger partial charge in [0.15, 0.2) is 0 Å². The van der Waals surface area contributed by atoms with E-state index in [2.05, 4.69) is 15.9 Å². The van der Waals surface area contributed by atoms with Gasteiger partial charge in [-0.25, -0.2) is 0 Å². The van der Waals surface area contributed by atoms with E-state index in [0.717, 1.165) is 27.4 Å². The Morgan fingerprint density at radius 3 is 2.50 bits per heavy atom. The average molecular weight is 432 g/mol. The minimum absolute atomic E-state index is 0.217. The molecule has 0 aromatic heterocycles. The summed E-state index contributed by atoms with van der Waals surface area (Å²) in [4.78, 5) is 37.3. The molecule has 0 radical (unpaired) electrons. The number of esters is 1. The zero-order chi connectivity index (χ0) is 18.7. The van der Waals surface area contributed by atoms with Gasteiger partial charge < -0.3 is 4.74 Å². The molecular formula is C19H14BrNO4S. The van der Waals surface area contributed by atoms with Crippen molar-refractivity contribution in [2.24, 2.45) is 0 Å². The fraction of sp³-hybridized carbons (Fsp3) is 0.105. The second-order valence-electron chi connectivity index (χ2n) is 5.52. The van der Waals surface area contributed by atoms with E-state index in [1.165, 1.54) is 11.8 Å². The summed E-state index contributed by atoms with van der Waals surface area (Å²) in [7, 11) is 0. The van der Waals surface area contributed by atoms with E-state index in [0.29, 0.717) is 10.7 Å². The van der Waals surface area contributed by atoms with Gasteiger partial charge in [-0.05, 0) is 47.2 Å². The molecule has 0 N–H and O–H groups in total. The molecule has 0 spiro atoms. The predicted molar refractivity (Wildman–Crippen MR) is 103 cm³/mol. The molecule has 0 atom stereocenters. The van der Waals surface area contributed by atoms with Gasteiger partial charge in [0.05, 0.1) is 11.4 Å². The van der Waals surface area contributed by atoms with Crippen molar-refractivity contribution in [3.05, 3.63) is 69.0 Å². The molecule has 7 heteroatoms. The fourth-order valence-corrected chi connectivity index (χ4v) is 3.63. The van der Waals surface area contributed by atoms with Crippen LogP contribution in [0.25, 0.3) is 6.08 Å². The number of hydrogen-bond acceptors (Lipinski definition) is 5. The van der Waals surface area contributed by atoms with Crippen LogP contribution in [0.1, 0.15) is 18.1 Å². The molecular weight excluding hydrogens is 418 g/mol. The van der Waals surface area contributed by atoms with Crippen LogP contribution in [0.2, 0.25) is 0 Å². The quantitative estimate of drug-likeness (QED) is 0.401. The first-order valence-electron chi connectivity index (χ1n) is 7.71. The lowest BCUT2D eigenvalue weighted by atomic mass is 10.2. The molecule has 2 aromatic carbocycles. The van der Waals surface area contributed by atoms with Crippen molar-refractivity contribution in [2.75, 3.05) is 0 Å². The number of amides is 2. The molecule has 1 fully saturated rings. The van der Waals surface area contributed by atoms with Crippen LogP contribution in [0, 0.1) is 0 Å². The number of rotatable bonds is 4. The van der Waals surface area contributed by atoms with E-state index in [4.69, 9.17) is 4.74 Å². The SMILES string of the molecule is CC(=O)Oc1ccc(/C=C2\SC(=O)N(Cc3ccccc3Br)C2=O)cc1. The Morgan fingerprint density at radius 2 is 1.85 bits per heavy atom. The zero-order valence-electron chi connectivity index (χ0n) is 13.8. The van der Waals surface area contributed by atoms with E-state index in [1.807, 2.05) is 24.3 Å². The molecule has 0 saturated carbocycles. The first-order chi connectivity index (χ1) is 12.4. The molecule has 1 aliphatic rings. The Hall–Kier alpha value is -2.38. The largest absolute Gasteiger partial charge is 0.427 e. The normalized spacial score (nSPS) is 15.6. The van der Waals surface area contributed by atoms with Gasteiger partial charge in [0, 0.05) is 11.4 Å². The minimum atomic E-state index is -0.397. The van der Waals surface area contributed by atoms with Gasteiger partial charge in [0.1, 0.15) is 5.75 Å². The van der Waals surface area contributed by atoms with Crippen LogP contribution >= 0.6 is 27.7 Å². The molecule has 1 heterocycles. The van der Waals surface area contributed by atoms with Gasteiger partial charge >= 0.3 is 5.97 Å². The van der Waals surface area contributed by atoms with Crippen molar-refractivity contribution in [2.45, 2.75) is 13.5 Å². The monoisotopic (exact) mass is 431 g/mol. The van der Waals surface area contributed by atoms with Crippen molar-refractivity contribution in [3.8, 4) is 5.75 Å². The molecule has 0 bridgehead atoms. The number of hydrogen-bond donors (Lipinski definition) is 0. The summed E-state index contributed by atoms with van der Waals surface area (Å²) in [6.07, 6.45) is 1.66. The maximum Gasteiger partial charge on any atom is 0.308 e. The topological polar surface area (TPSA) is 63.7 Å². The molecule has 2 aromatic rings. The van der Waals surface area contributed by atoms with E-state index >= 15 is 0 Å². The summed E-state index contributed by atoms with van der Waals surface area (Å²) in [6.45, 7) is 1.55. The van der Waals surface area contributed by atoms with Gasteiger partial charge in [0.2, 0.25) is 0 Å². The van der Waals surface area contributed by atoms with Gasteiger partial charge in [-0.2, -0.15) is 0 Å². The Labute approximate surface area is 163 Å². The molecule has 1 aliphatic heterocycles. The lowest BCUT2D eigenvalue weighted by Gasteiger charge is -2.13. The number of carbonyl (C=O) groups excluding carboxylic acids is 3. The van der Waals surface area contributed by atoms with Crippen molar-refractivity contribution < 1.29 is 19.1 Å². The van der Waals surface area contributed by atoms with Crippen LogP contribution < -0.4 is 4.74 Å². The van der Waals surface area contributed by atoms with Crippen LogP contribution in [-0.4, -0.2) is 22.0 Å². The highest BCUT2D eigenvalue weighted by Crippen LogP contribution is 2.34. The molecule has 5 nitrogen and oxygen atoms in total. The molecule has 0 aliphatic carbocycles. The van der Waals surface area contributed by atoms with Crippen LogP contribution in [-0.2, 0) is 16.1 Å². The number of halogens is 1. The van der Waals surface area contributed by atoms with E-state index < -0.39 is 5.97 Å². The van der Waals surface area contributed by atoms with Crippen LogP contribution in [0.3, 0.4) is 0 Å². The van der Waals surface area contributed by atoms with Crippen molar-refractivity contribution in [1.29, 1.82) is 0 Å². The van der Waals surface area contributed by atoms with Gasteiger partial charge in [0.25, 0.3) is 11.1 Å². The summed E-state index contributed by atoms with van der Waals surface area (Å²) >= 11 is 4.34. The molecule has 3 rings (SSSR count). The Bertz CT molecular complexity index is 908. The summed E-state index contributed by atoms with van der Waals surface area (Å²) in [5.41, 5.74) is 1.61. The minimum Gasteiger partial charge on any atom is -0.427 e. The van der Waals surface area contributed by atoms with Crippen molar-refractivity contribution in [3.63, 3.8) is 0 Å². The highest BCUT2D eigenvalue weighted by atomic mass is 79.9. The highest BCUT2D eigenvalue weighted by molar-refractivity contribution is 9.10. The second kappa shape index (κ2) is 7.88. The predicted octanol–water partition coefficient (Wildman–Crippen LogP) is 4.61. The number of imide groups is 1. The number of benzene rings is 2.